The number of hydrogen-bond acceptors (Lipinski definition) is 5. The highest BCUT2D eigenvalue weighted by atomic mass is 32.2. The van der Waals surface area contributed by atoms with Crippen molar-refractivity contribution in [3.63, 3.8) is 0 Å². The molecule has 6 nitrogen and oxygen atoms in total. The van der Waals surface area contributed by atoms with Crippen molar-refractivity contribution in [2.75, 3.05) is 23.8 Å². The molecular weight excluding hydrogens is 214 g/mol. The number of carbonyl (C=O) groups is 1. The average Bonchev–Trinajstić information content (AvgIpc) is 2.65. The molecule has 1 atom stereocenters. The van der Waals surface area contributed by atoms with Crippen LogP contribution in [-0.4, -0.2) is 50.1 Å². The van der Waals surface area contributed by atoms with E-state index < -0.39 is 0 Å². The molecule has 0 aliphatic carbocycles. The van der Waals surface area contributed by atoms with Crippen molar-refractivity contribution in [3.8, 4) is 0 Å². The van der Waals surface area contributed by atoms with Gasteiger partial charge in [-0.25, -0.2) is 0 Å². The monoisotopic (exact) mass is 227 g/mol. The van der Waals surface area contributed by atoms with Gasteiger partial charge in [-0.3, -0.25) is 9.89 Å². The smallest absolute Gasteiger partial charge is 0.291 e. The van der Waals surface area contributed by atoms with E-state index in [4.69, 9.17) is 5.73 Å². The number of aromatic nitrogens is 3. The van der Waals surface area contributed by atoms with Crippen LogP contribution < -0.4 is 5.73 Å². The van der Waals surface area contributed by atoms with E-state index in [2.05, 4.69) is 15.2 Å². The van der Waals surface area contributed by atoms with Crippen LogP contribution in [0.2, 0.25) is 0 Å². The van der Waals surface area contributed by atoms with Gasteiger partial charge in [-0.2, -0.15) is 16.7 Å². The van der Waals surface area contributed by atoms with Crippen LogP contribution >= 0.6 is 11.8 Å². The van der Waals surface area contributed by atoms with Crippen LogP contribution in [0, 0.1) is 0 Å². The minimum atomic E-state index is -0.119. The number of nitrogens with two attached hydrogens (primary N) is 1. The normalized spacial score (nSPS) is 21.7. The number of nitrogen functional groups attached to an aromatic ring is 1. The molecule has 3 N–H and O–H groups in total. The van der Waals surface area contributed by atoms with E-state index in [0.29, 0.717) is 0 Å². The van der Waals surface area contributed by atoms with Crippen molar-refractivity contribution in [2.24, 2.45) is 0 Å². The molecule has 15 heavy (non-hydrogen) atoms. The first-order valence-electron chi connectivity index (χ1n) is 4.75. The molecule has 0 saturated carbocycles. The van der Waals surface area contributed by atoms with Crippen molar-refractivity contribution >= 4 is 23.6 Å². The second-order valence-electron chi connectivity index (χ2n) is 3.46. The molecule has 1 aromatic heterocycles. The first-order valence-corrected chi connectivity index (χ1v) is 5.90. The van der Waals surface area contributed by atoms with Crippen LogP contribution in [0.5, 0.6) is 0 Å². The number of anilines is 1. The molecule has 7 heteroatoms. The largest absolute Gasteiger partial charge is 0.366 e. The lowest BCUT2D eigenvalue weighted by Crippen LogP contribution is -2.44. The third kappa shape index (κ3) is 2.06. The first kappa shape index (κ1) is 10.3. The molecule has 1 saturated heterocycles. The summed E-state index contributed by atoms with van der Waals surface area (Å²) >= 11 is 1.86. The van der Waals surface area contributed by atoms with Crippen molar-refractivity contribution < 1.29 is 4.79 Å². The maximum atomic E-state index is 12.0. The van der Waals surface area contributed by atoms with Crippen molar-refractivity contribution in [1.82, 2.24) is 20.1 Å². The molecule has 1 aromatic rings. The van der Waals surface area contributed by atoms with Crippen molar-refractivity contribution in [3.05, 3.63) is 5.82 Å². The lowest BCUT2D eigenvalue weighted by molar-refractivity contribution is 0.0704. The number of H-pyrrole nitrogens is 1. The van der Waals surface area contributed by atoms with E-state index in [0.717, 1.165) is 18.1 Å². The zero-order chi connectivity index (χ0) is 10.8. The number of aromatic amines is 1. The van der Waals surface area contributed by atoms with Gasteiger partial charge in [0.1, 0.15) is 0 Å². The van der Waals surface area contributed by atoms with E-state index in [1.165, 1.54) is 0 Å². The number of carbonyl (C=O) groups excluding carboxylic acids is 1. The van der Waals surface area contributed by atoms with Crippen LogP contribution in [0.15, 0.2) is 0 Å². The Hall–Kier alpha value is -1.24. The van der Waals surface area contributed by atoms with Gasteiger partial charge in [-0.15, -0.1) is 5.10 Å². The molecular formula is C8H13N5OS. The summed E-state index contributed by atoms with van der Waals surface area (Å²) in [5, 5.41) is 6.19. The Morgan fingerprint density at radius 3 is 3.13 bits per heavy atom. The number of nitrogens with zero attached hydrogens (tertiary/aromatic N) is 3. The zero-order valence-electron chi connectivity index (χ0n) is 8.43. The zero-order valence-corrected chi connectivity index (χ0v) is 9.25. The van der Waals surface area contributed by atoms with Gasteiger partial charge in [0.2, 0.25) is 11.8 Å². The van der Waals surface area contributed by atoms with Crippen LogP contribution in [0.4, 0.5) is 5.95 Å². The van der Waals surface area contributed by atoms with Gasteiger partial charge in [-0.1, -0.05) is 0 Å². The third-order valence-electron chi connectivity index (χ3n) is 2.33. The molecule has 1 fully saturated rings. The lowest BCUT2D eigenvalue weighted by atomic mass is 10.3. The van der Waals surface area contributed by atoms with Crippen LogP contribution in [0.25, 0.3) is 0 Å². The molecule has 0 bridgehead atoms. The third-order valence-corrected chi connectivity index (χ3v) is 3.52. The van der Waals surface area contributed by atoms with Crippen LogP contribution in [0.1, 0.15) is 17.5 Å². The summed E-state index contributed by atoms with van der Waals surface area (Å²) < 4.78 is 0. The summed E-state index contributed by atoms with van der Waals surface area (Å²) in [6.45, 7) is 2.79. The molecule has 0 spiro atoms. The van der Waals surface area contributed by atoms with Gasteiger partial charge in [-0.05, 0) is 6.92 Å². The summed E-state index contributed by atoms with van der Waals surface area (Å²) in [6.07, 6.45) is 0. The minimum Gasteiger partial charge on any atom is -0.366 e. The SMILES string of the molecule is CC1CSCCN1C(=O)c1nc(N)n[nH]1. The summed E-state index contributed by atoms with van der Waals surface area (Å²) in [7, 11) is 0. The van der Waals surface area contributed by atoms with Gasteiger partial charge < -0.3 is 10.6 Å². The van der Waals surface area contributed by atoms with E-state index in [-0.39, 0.29) is 23.7 Å². The predicted octanol–water partition coefficient (Wildman–Crippen LogP) is -0.0356. The maximum absolute atomic E-state index is 12.0. The number of hydrogen-bond donors (Lipinski definition) is 2. The highest BCUT2D eigenvalue weighted by Gasteiger charge is 2.26. The Kier molecular flexibility index (Phi) is 2.81. The summed E-state index contributed by atoms with van der Waals surface area (Å²) in [6, 6.07) is 0.238. The Morgan fingerprint density at radius 2 is 2.53 bits per heavy atom. The summed E-state index contributed by atoms with van der Waals surface area (Å²) in [5.41, 5.74) is 5.35. The average molecular weight is 227 g/mol. The minimum absolute atomic E-state index is 0.109. The maximum Gasteiger partial charge on any atom is 0.291 e. The second-order valence-corrected chi connectivity index (χ2v) is 4.61. The fraction of sp³-hybridized carbons (Fsp3) is 0.625. The summed E-state index contributed by atoms with van der Waals surface area (Å²) in [5.74, 6) is 2.16. The van der Waals surface area contributed by atoms with Gasteiger partial charge in [0.15, 0.2) is 0 Å². The fourth-order valence-electron chi connectivity index (χ4n) is 1.54. The van der Waals surface area contributed by atoms with Crippen LogP contribution in [0.3, 0.4) is 0 Å². The topological polar surface area (TPSA) is 87.9 Å². The molecule has 1 unspecified atom stereocenters. The number of nitrogens with one attached hydrogen (secondary N) is 1. The van der Waals surface area contributed by atoms with Gasteiger partial charge in [0, 0.05) is 24.1 Å². The Labute approximate surface area is 91.6 Å². The molecule has 1 aliphatic rings. The summed E-state index contributed by atoms with van der Waals surface area (Å²) in [4.78, 5) is 17.6. The standard InChI is InChI=1S/C8H13N5OS/c1-5-4-15-3-2-13(5)7(14)6-10-8(9)12-11-6/h5H,2-4H2,1H3,(H3,9,10,11,12). The van der Waals surface area contributed by atoms with Crippen molar-refractivity contribution in [1.29, 1.82) is 0 Å². The molecule has 1 aliphatic heterocycles. The molecule has 0 aromatic carbocycles. The van der Waals surface area contributed by atoms with E-state index >= 15 is 0 Å². The Morgan fingerprint density at radius 1 is 1.73 bits per heavy atom. The molecule has 2 rings (SSSR count). The fourth-order valence-corrected chi connectivity index (χ4v) is 2.55. The quantitative estimate of drug-likeness (QED) is 0.703. The molecule has 1 amide bonds. The lowest BCUT2D eigenvalue weighted by Gasteiger charge is -2.32. The number of amides is 1. The first-order chi connectivity index (χ1) is 7.18. The molecule has 82 valence electrons. The van der Waals surface area contributed by atoms with Gasteiger partial charge >= 0.3 is 0 Å². The molecule has 2 heterocycles. The Bertz CT molecular complexity index is 366. The molecule has 0 radical (unpaired) electrons. The highest BCUT2D eigenvalue weighted by Crippen LogP contribution is 2.17. The van der Waals surface area contributed by atoms with E-state index in [1.54, 1.807) is 4.90 Å². The van der Waals surface area contributed by atoms with Gasteiger partial charge in [0.05, 0.1) is 0 Å². The second kappa shape index (κ2) is 4.09. The van der Waals surface area contributed by atoms with E-state index in [9.17, 15) is 4.79 Å². The van der Waals surface area contributed by atoms with Gasteiger partial charge in [0.25, 0.3) is 5.91 Å². The van der Waals surface area contributed by atoms with Crippen LogP contribution in [-0.2, 0) is 0 Å². The predicted molar refractivity (Wildman–Crippen MR) is 58.6 cm³/mol. The number of thioether (sulfide) groups is 1. The van der Waals surface area contributed by atoms with Crippen molar-refractivity contribution in [2.45, 2.75) is 13.0 Å². The van der Waals surface area contributed by atoms with E-state index in [1.807, 2.05) is 18.7 Å². The highest BCUT2D eigenvalue weighted by molar-refractivity contribution is 7.99. The Balaban J connectivity index is 2.13. The number of rotatable bonds is 1.